The quantitative estimate of drug-likeness (QED) is 0.870. The van der Waals surface area contributed by atoms with Gasteiger partial charge < -0.3 is 9.64 Å². The van der Waals surface area contributed by atoms with E-state index in [1.165, 1.54) is 0 Å². The molecule has 1 aromatic carbocycles. The Labute approximate surface area is 130 Å². The summed E-state index contributed by atoms with van der Waals surface area (Å²) in [6.45, 7) is 2.75. The first-order valence-corrected chi connectivity index (χ1v) is 7.48. The van der Waals surface area contributed by atoms with Crippen molar-refractivity contribution >= 4 is 5.91 Å². The normalized spacial score (nSPS) is 17.0. The molecule has 0 bridgehead atoms. The molecule has 0 radical (unpaired) electrons. The highest BCUT2D eigenvalue weighted by molar-refractivity contribution is 5.94. The van der Waals surface area contributed by atoms with E-state index < -0.39 is 0 Å². The predicted molar refractivity (Wildman–Crippen MR) is 82.8 cm³/mol. The summed E-state index contributed by atoms with van der Waals surface area (Å²) >= 11 is 0. The summed E-state index contributed by atoms with van der Waals surface area (Å²) < 4.78 is 5.26. The van der Waals surface area contributed by atoms with Crippen LogP contribution < -0.4 is 4.74 Å². The van der Waals surface area contributed by atoms with Gasteiger partial charge in [0.2, 0.25) is 0 Å². The van der Waals surface area contributed by atoms with Crippen molar-refractivity contribution in [3.63, 3.8) is 0 Å². The van der Waals surface area contributed by atoms with Crippen LogP contribution in [0.25, 0.3) is 0 Å². The minimum absolute atomic E-state index is 0.0123. The molecule has 0 spiro atoms. The van der Waals surface area contributed by atoms with Gasteiger partial charge in [-0.1, -0.05) is 19.1 Å². The molecular formula is C17H19N3O2. The highest BCUT2D eigenvalue weighted by Crippen LogP contribution is 2.35. The van der Waals surface area contributed by atoms with Crippen LogP contribution in [0.3, 0.4) is 0 Å². The number of methoxy groups -OCH3 is 1. The van der Waals surface area contributed by atoms with Gasteiger partial charge in [-0.2, -0.15) is 0 Å². The van der Waals surface area contributed by atoms with Crippen LogP contribution in [0.5, 0.6) is 5.75 Å². The molecule has 1 aliphatic rings. The Kier molecular flexibility index (Phi) is 4.04. The largest absolute Gasteiger partial charge is 0.497 e. The number of carbonyl (C=O) groups is 1. The lowest BCUT2D eigenvalue weighted by Gasteiger charge is -2.41. The molecule has 3 rings (SSSR count). The van der Waals surface area contributed by atoms with Crippen LogP contribution in [0.1, 0.15) is 41.1 Å². The van der Waals surface area contributed by atoms with Gasteiger partial charge >= 0.3 is 0 Å². The number of ether oxygens (including phenoxy) is 1. The lowest BCUT2D eigenvalue weighted by atomic mass is 9.94. The molecule has 2 aromatic rings. The van der Waals surface area contributed by atoms with Crippen LogP contribution in [-0.4, -0.2) is 34.4 Å². The van der Waals surface area contributed by atoms with Crippen LogP contribution in [-0.2, 0) is 6.42 Å². The Morgan fingerprint density at radius 1 is 1.36 bits per heavy atom. The molecule has 1 unspecified atom stereocenters. The zero-order valence-electron chi connectivity index (χ0n) is 12.8. The van der Waals surface area contributed by atoms with E-state index in [-0.39, 0.29) is 11.9 Å². The van der Waals surface area contributed by atoms with E-state index in [0.717, 1.165) is 36.5 Å². The number of likely N-dealkylation sites (tertiary alicyclic amines) is 1. The van der Waals surface area contributed by atoms with Gasteiger partial charge in [-0.15, -0.1) is 0 Å². The number of nitrogens with zero attached hydrogens (tertiary/aromatic N) is 3. The van der Waals surface area contributed by atoms with E-state index >= 15 is 0 Å². The van der Waals surface area contributed by atoms with Gasteiger partial charge in [0, 0.05) is 25.4 Å². The van der Waals surface area contributed by atoms with Crippen molar-refractivity contribution < 1.29 is 9.53 Å². The third-order valence-electron chi connectivity index (χ3n) is 4.03. The number of rotatable bonds is 4. The van der Waals surface area contributed by atoms with Crippen LogP contribution in [0.4, 0.5) is 0 Å². The number of aromatic nitrogens is 2. The SMILES string of the molecule is CCc1ncc(C(=O)N2CCC2c2cccc(OC)c2)cn1. The summed E-state index contributed by atoms with van der Waals surface area (Å²) in [5.41, 5.74) is 1.65. The minimum Gasteiger partial charge on any atom is -0.497 e. The third-order valence-corrected chi connectivity index (χ3v) is 4.03. The molecule has 5 nitrogen and oxygen atoms in total. The second-order valence-electron chi connectivity index (χ2n) is 5.32. The Morgan fingerprint density at radius 2 is 2.14 bits per heavy atom. The molecule has 1 amide bonds. The summed E-state index contributed by atoms with van der Waals surface area (Å²) in [6.07, 6.45) is 4.97. The van der Waals surface area contributed by atoms with E-state index in [0.29, 0.717) is 5.56 Å². The van der Waals surface area contributed by atoms with Crippen LogP contribution in [0.2, 0.25) is 0 Å². The number of hydrogen-bond donors (Lipinski definition) is 0. The van der Waals surface area contributed by atoms with Crippen LogP contribution in [0.15, 0.2) is 36.7 Å². The Morgan fingerprint density at radius 3 is 2.73 bits per heavy atom. The number of benzene rings is 1. The number of carbonyl (C=O) groups excluding carboxylic acids is 1. The van der Waals surface area contributed by atoms with E-state index in [1.54, 1.807) is 19.5 Å². The van der Waals surface area contributed by atoms with Gasteiger partial charge in [0.25, 0.3) is 5.91 Å². The third kappa shape index (κ3) is 2.66. The minimum atomic E-state index is -0.0123. The van der Waals surface area contributed by atoms with E-state index in [1.807, 2.05) is 36.1 Å². The summed E-state index contributed by atoms with van der Waals surface area (Å²) in [7, 11) is 1.65. The Bertz CT molecular complexity index is 670. The fraction of sp³-hybridized carbons (Fsp3) is 0.353. The smallest absolute Gasteiger partial charge is 0.257 e. The van der Waals surface area contributed by atoms with E-state index in [2.05, 4.69) is 9.97 Å². The van der Waals surface area contributed by atoms with Gasteiger partial charge in [0.05, 0.1) is 18.7 Å². The zero-order valence-corrected chi connectivity index (χ0v) is 12.8. The molecule has 114 valence electrons. The molecule has 0 saturated carbocycles. The number of hydrogen-bond acceptors (Lipinski definition) is 4. The first kappa shape index (κ1) is 14.5. The second-order valence-corrected chi connectivity index (χ2v) is 5.32. The summed E-state index contributed by atoms with van der Waals surface area (Å²) in [5.74, 6) is 1.55. The summed E-state index contributed by atoms with van der Waals surface area (Å²) in [5, 5.41) is 0. The van der Waals surface area contributed by atoms with Crippen molar-refractivity contribution in [2.45, 2.75) is 25.8 Å². The zero-order chi connectivity index (χ0) is 15.5. The number of aryl methyl sites for hydroxylation is 1. The van der Waals surface area contributed by atoms with Gasteiger partial charge in [-0.25, -0.2) is 9.97 Å². The van der Waals surface area contributed by atoms with Crippen LogP contribution >= 0.6 is 0 Å². The highest BCUT2D eigenvalue weighted by atomic mass is 16.5. The van der Waals surface area contributed by atoms with E-state index in [9.17, 15) is 4.79 Å². The van der Waals surface area contributed by atoms with Gasteiger partial charge in [0.1, 0.15) is 11.6 Å². The summed E-state index contributed by atoms with van der Waals surface area (Å²) in [6, 6.07) is 7.98. The van der Waals surface area contributed by atoms with Gasteiger partial charge in [-0.05, 0) is 24.1 Å². The molecule has 1 aliphatic heterocycles. The molecule has 1 aromatic heterocycles. The van der Waals surface area contributed by atoms with Crippen molar-refractivity contribution in [2.24, 2.45) is 0 Å². The average molecular weight is 297 g/mol. The average Bonchev–Trinajstić information content (AvgIpc) is 2.54. The first-order valence-electron chi connectivity index (χ1n) is 7.48. The Balaban J connectivity index is 1.77. The molecule has 0 N–H and O–H groups in total. The molecule has 2 heterocycles. The van der Waals surface area contributed by atoms with Crippen molar-refractivity contribution in [3.8, 4) is 5.75 Å². The maximum absolute atomic E-state index is 12.6. The molecule has 22 heavy (non-hydrogen) atoms. The maximum Gasteiger partial charge on any atom is 0.257 e. The standard InChI is InChI=1S/C17H19N3O2/c1-3-16-18-10-13(11-19-16)17(21)20-8-7-15(20)12-5-4-6-14(9-12)22-2/h4-6,9-11,15H,3,7-8H2,1-2H3. The first-order chi connectivity index (χ1) is 10.7. The summed E-state index contributed by atoms with van der Waals surface area (Å²) in [4.78, 5) is 22.9. The van der Waals surface area contributed by atoms with Crippen LogP contribution in [0, 0.1) is 0 Å². The highest BCUT2D eigenvalue weighted by Gasteiger charge is 2.34. The molecule has 1 saturated heterocycles. The molecule has 1 atom stereocenters. The molecule has 5 heteroatoms. The van der Waals surface area contributed by atoms with E-state index in [4.69, 9.17) is 4.74 Å². The molecular weight excluding hydrogens is 278 g/mol. The fourth-order valence-electron chi connectivity index (χ4n) is 2.64. The lowest BCUT2D eigenvalue weighted by molar-refractivity contribution is 0.0459. The van der Waals surface area contributed by atoms with Crippen molar-refractivity contribution in [1.29, 1.82) is 0 Å². The lowest BCUT2D eigenvalue weighted by Crippen LogP contribution is -2.45. The topological polar surface area (TPSA) is 55.3 Å². The predicted octanol–water partition coefficient (Wildman–Crippen LogP) is 2.63. The Hall–Kier alpha value is -2.43. The molecule has 0 aliphatic carbocycles. The second kappa shape index (κ2) is 6.13. The van der Waals surface area contributed by atoms with Gasteiger partial charge in [0.15, 0.2) is 0 Å². The van der Waals surface area contributed by atoms with Gasteiger partial charge in [-0.3, -0.25) is 4.79 Å². The fourth-order valence-corrected chi connectivity index (χ4v) is 2.64. The van der Waals surface area contributed by atoms with Crippen molar-refractivity contribution in [1.82, 2.24) is 14.9 Å². The van der Waals surface area contributed by atoms with Crippen molar-refractivity contribution in [2.75, 3.05) is 13.7 Å². The maximum atomic E-state index is 12.6. The van der Waals surface area contributed by atoms with Crippen molar-refractivity contribution in [3.05, 3.63) is 53.6 Å². The monoisotopic (exact) mass is 297 g/mol. The number of amides is 1. The molecule has 1 fully saturated rings.